The van der Waals surface area contributed by atoms with Crippen molar-refractivity contribution in [2.75, 3.05) is 46.2 Å². The monoisotopic (exact) mass is 343 g/mol. The normalized spacial score (nSPS) is 17.2. The van der Waals surface area contributed by atoms with Crippen LogP contribution in [0.4, 0.5) is 0 Å². The summed E-state index contributed by atoms with van der Waals surface area (Å²) in [5.41, 5.74) is 1.09. The SMILES string of the molecule is CCCS(=O)(=O)N1CC[NH+](Cc2cc(OC)ccc2OC)CC1. The number of methoxy groups -OCH3 is 2. The Morgan fingerprint density at radius 3 is 2.43 bits per heavy atom. The van der Waals surface area contributed by atoms with E-state index in [1.165, 1.54) is 4.90 Å². The lowest BCUT2D eigenvalue weighted by Crippen LogP contribution is -3.13. The van der Waals surface area contributed by atoms with Crippen molar-refractivity contribution in [3.05, 3.63) is 23.8 Å². The number of hydrogen-bond acceptors (Lipinski definition) is 4. The van der Waals surface area contributed by atoms with E-state index in [-0.39, 0.29) is 5.75 Å². The van der Waals surface area contributed by atoms with Crippen molar-refractivity contribution in [1.82, 2.24) is 4.31 Å². The highest BCUT2D eigenvalue weighted by Gasteiger charge is 2.28. The lowest BCUT2D eigenvalue weighted by atomic mass is 10.1. The van der Waals surface area contributed by atoms with Gasteiger partial charge in [0.25, 0.3) is 0 Å². The topological polar surface area (TPSA) is 60.3 Å². The van der Waals surface area contributed by atoms with Gasteiger partial charge in [0, 0.05) is 0 Å². The summed E-state index contributed by atoms with van der Waals surface area (Å²) in [7, 11) is 0.233. The molecule has 2 rings (SSSR count). The van der Waals surface area contributed by atoms with Crippen LogP contribution in [0.5, 0.6) is 11.5 Å². The van der Waals surface area contributed by atoms with E-state index in [1.54, 1.807) is 18.5 Å². The fourth-order valence-corrected chi connectivity index (χ4v) is 4.45. The molecule has 130 valence electrons. The highest BCUT2D eigenvalue weighted by Crippen LogP contribution is 2.23. The van der Waals surface area contributed by atoms with Gasteiger partial charge in [-0.25, -0.2) is 8.42 Å². The Labute approximate surface area is 139 Å². The Bertz CT molecular complexity index is 611. The maximum atomic E-state index is 12.1. The molecule has 0 atom stereocenters. The van der Waals surface area contributed by atoms with Gasteiger partial charge in [0.05, 0.1) is 51.7 Å². The minimum atomic E-state index is -3.08. The molecule has 0 unspecified atom stereocenters. The van der Waals surface area contributed by atoms with Gasteiger partial charge in [-0.05, 0) is 24.6 Å². The van der Waals surface area contributed by atoms with Gasteiger partial charge in [0.15, 0.2) is 0 Å². The number of piperazine rings is 1. The van der Waals surface area contributed by atoms with E-state index in [2.05, 4.69) is 0 Å². The van der Waals surface area contributed by atoms with E-state index in [0.717, 1.165) is 36.7 Å². The van der Waals surface area contributed by atoms with Crippen molar-refractivity contribution in [3.63, 3.8) is 0 Å². The van der Waals surface area contributed by atoms with Crippen LogP contribution in [0.15, 0.2) is 18.2 Å². The van der Waals surface area contributed by atoms with E-state index < -0.39 is 10.0 Å². The lowest BCUT2D eigenvalue weighted by molar-refractivity contribution is -0.917. The molecule has 7 heteroatoms. The van der Waals surface area contributed by atoms with Crippen molar-refractivity contribution in [3.8, 4) is 11.5 Å². The molecule has 23 heavy (non-hydrogen) atoms. The maximum Gasteiger partial charge on any atom is 0.214 e. The number of nitrogens with one attached hydrogen (secondary N) is 1. The van der Waals surface area contributed by atoms with Crippen LogP contribution in [0.2, 0.25) is 0 Å². The van der Waals surface area contributed by atoms with E-state index in [1.807, 2.05) is 25.1 Å². The number of ether oxygens (including phenoxy) is 2. The van der Waals surface area contributed by atoms with Gasteiger partial charge in [0.1, 0.15) is 18.0 Å². The fourth-order valence-electron chi connectivity index (χ4n) is 2.93. The van der Waals surface area contributed by atoms with Crippen LogP contribution in [0.1, 0.15) is 18.9 Å². The van der Waals surface area contributed by atoms with Gasteiger partial charge >= 0.3 is 0 Å². The number of sulfonamides is 1. The van der Waals surface area contributed by atoms with Crippen LogP contribution >= 0.6 is 0 Å². The number of nitrogens with zero attached hydrogens (tertiary/aromatic N) is 1. The van der Waals surface area contributed by atoms with Crippen LogP contribution in [0.25, 0.3) is 0 Å². The van der Waals surface area contributed by atoms with Crippen LogP contribution in [0.3, 0.4) is 0 Å². The molecule has 1 fully saturated rings. The molecule has 0 aromatic heterocycles. The highest BCUT2D eigenvalue weighted by atomic mass is 32.2. The molecule has 1 saturated heterocycles. The molecule has 0 saturated carbocycles. The second kappa shape index (κ2) is 7.99. The van der Waals surface area contributed by atoms with E-state index in [9.17, 15) is 8.42 Å². The Kier molecular flexibility index (Phi) is 6.26. The average molecular weight is 343 g/mol. The number of hydrogen-bond donors (Lipinski definition) is 1. The first-order valence-corrected chi connectivity index (χ1v) is 9.63. The molecule has 1 aliphatic rings. The summed E-state index contributed by atoms with van der Waals surface area (Å²) in [6.07, 6.45) is 0.663. The first-order chi connectivity index (χ1) is 11.0. The molecular weight excluding hydrogens is 316 g/mol. The van der Waals surface area contributed by atoms with E-state index in [4.69, 9.17) is 9.47 Å². The predicted molar refractivity (Wildman–Crippen MR) is 89.6 cm³/mol. The molecule has 1 aliphatic heterocycles. The van der Waals surface area contributed by atoms with Gasteiger partial charge in [0.2, 0.25) is 10.0 Å². The Morgan fingerprint density at radius 1 is 1.17 bits per heavy atom. The summed E-state index contributed by atoms with van der Waals surface area (Å²) < 4.78 is 36.6. The zero-order valence-electron chi connectivity index (χ0n) is 14.2. The minimum Gasteiger partial charge on any atom is -0.497 e. The molecule has 0 spiro atoms. The van der Waals surface area contributed by atoms with Gasteiger partial charge in [-0.15, -0.1) is 0 Å². The minimum absolute atomic E-state index is 0.242. The molecule has 0 amide bonds. The van der Waals surface area contributed by atoms with Crippen molar-refractivity contribution in [2.24, 2.45) is 0 Å². The average Bonchev–Trinajstić information content (AvgIpc) is 2.55. The molecule has 1 aromatic carbocycles. The summed E-state index contributed by atoms with van der Waals surface area (Å²) in [5.74, 6) is 1.90. The van der Waals surface area contributed by atoms with Gasteiger partial charge < -0.3 is 14.4 Å². The molecular formula is C16H27N2O4S+. The summed E-state index contributed by atoms with van der Waals surface area (Å²) in [6, 6.07) is 5.79. The molecule has 0 bridgehead atoms. The summed E-state index contributed by atoms with van der Waals surface area (Å²) in [5, 5.41) is 0. The first-order valence-electron chi connectivity index (χ1n) is 8.02. The van der Waals surface area contributed by atoms with Crippen LogP contribution in [-0.4, -0.2) is 58.9 Å². The smallest absolute Gasteiger partial charge is 0.214 e. The predicted octanol–water partition coefficient (Wildman–Crippen LogP) is 0.144. The largest absolute Gasteiger partial charge is 0.497 e. The second-order valence-electron chi connectivity index (χ2n) is 5.82. The number of quaternary nitrogens is 1. The third-order valence-corrected chi connectivity index (χ3v) is 6.29. The molecule has 1 aromatic rings. The fraction of sp³-hybridized carbons (Fsp3) is 0.625. The molecule has 1 heterocycles. The van der Waals surface area contributed by atoms with E-state index in [0.29, 0.717) is 19.5 Å². The van der Waals surface area contributed by atoms with E-state index >= 15 is 0 Å². The number of benzene rings is 1. The molecule has 0 radical (unpaired) electrons. The zero-order chi connectivity index (χ0) is 16.9. The zero-order valence-corrected chi connectivity index (χ0v) is 15.0. The van der Waals surface area contributed by atoms with Crippen molar-refractivity contribution < 1.29 is 22.8 Å². The molecule has 6 nitrogen and oxygen atoms in total. The number of rotatable bonds is 7. The lowest BCUT2D eigenvalue weighted by Gasteiger charge is -2.31. The summed E-state index contributed by atoms with van der Waals surface area (Å²) in [4.78, 5) is 1.36. The van der Waals surface area contributed by atoms with Crippen LogP contribution in [0, 0.1) is 0 Å². The molecule has 0 aliphatic carbocycles. The first kappa shape index (κ1) is 18.0. The summed E-state index contributed by atoms with van der Waals surface area (Å²) in [6.45, 7) is 5.50. The van der Waals surface area contributed by atoms with Crippen molar-refractivity contribution in [1.29, 1.82) is 0 Å². The quantitative estimate of drug-likeness (QED) is 0.765. The maximum absolute atomic E-state index is 12.1. The standard InChI is InChI=1S/C16H26N2O4S/c1-4-11-23(19,20)18-9-7-17(8-10-18)13-14-12-15(21-2)5-6-16(14)22-3/h5-6,12H,4,7-11,13H2,1-3H3/p+1. The van der Waals surface area contributed by atoms with Crippen molar-refractivity contribution >= 4 is 10.0 Å². The second-order valence-corrected chi connectivity index (χ2v) is 7.91. The summed E-state index contributed by atoms with van der Waals surface area (Å²) >= 11 is 0. The van der Waals surface area contributed by atoms with Gasteiger partial charge in [-0.2, -0.15) is 4.31 Å². The Balaban J connectivity index is 1.99. The Hall–Kier alpha value is -1.31. The third-order valence-electron chi connectivity index (χ3n) is 4.21. The van der Waals surface area contributed by atoms with Crippen LogP contribution < -0.4 is 14.4 Å². The highest BCUT2D eigenvalue weighted by molar-refractivity contribution is 7.89. The Morgan fingerprint density at radius 2 is 1.87 bits per heavy atom. The third kappa shape index (κ3) is 4.59. The van der Waals surface area contributed by atoms with Gasteiger partial charge in [-0.1, -0.05) is 6.92 Å². The van der Waals surface area contributed by atoms with Gasteiger partial charge in [-0.3, -0.25) is 0 Å². The molecule has 1 N–H and O–H groups in total. The van der Waals surface area contributed by atoms with Crippen LogP contribution in [-0.2, 0) is 16.6 Å². The van der Waals surface area contributed by atoms with Crippen molar-refractivity contribution in [2.45, 2.75) is 19.9 Å².